The number of amides is 1. The van der Waals surface area contributed by atoms with E-state index in [0.29, 0.717) is 18.0 Å². The first-order valence-electron chi connectivity index (χ1n) is 8.12. The molecule has 1 aromatic carbocycles. The summed E-state index contributed by atoms with van der Waals surface area (Å²) in [4.78, 5) is 14.1. The number of ether oxygens (including phenoxy) is 1. The van der Waals surface area contributed by atoms with Crippen LogP contribution in [-0.2, 0) is 0 Å². The van der Waals surface area contributed by atoms with Crippen molar-refractivity contribution >= 4 is 5.91 Å². The molecule has 0 fully saturated rings. The van der Waals surface area contributed by atoms with Crippen molar-refractivity contribution in [3.63, 3.8) is 0 Å². The highest BCUT2D eigenvalue weighted by Crippen LogP contribution is 2.16. The van der Waals surface area contributed by atoms with Crippen LogP contribution >= 0.6 is 0 Å². The van der Waals surface area contributed by atoms with Crippen LogP contribution in [0.25, 0.3) is 0 Å². The number of nitrogens with two attached hydrogens (primary N) is 1. The maximum Gasteiger partial charge on any atom is 0.253 e. The Morgan fingerprint density at radius 2 is 1.82 bits per heavy atom. The van der Waals surface area contributed by atoms with E-state index in [-0.39, 0.29) is 18.1 Å². The van der Waals surface area contributed by atoms with Gasteiger partial charge in [0, 0.05) is 25.2 Å². The van der Waals surface area contributed by atoms with E-state index in [1.165, 1.54) is 0 Å². The number of benzene rings is 1. The molecule has 0 aromatic heterocycles. The Labute approximate surface area is 134 Å². The van der Waals surface area contributed by atoms with Crippen molar-refractivity contribution in [2.45, 2.75) is 52.7 Å². The van der Waals surface area contributed by atoms with Crippen LogP contribution in [0.15, 0.2) is 24.3 Å². The molecule has 0 heterocycles. The van der Waals surface area contributed by atoms with Crippen LogP contribution in [0, 0.1) is 5.92 Å². The molecule has 2 N–H and O–H groups in total. The van der Waals surface area contributed by atoms with Crippen LogP contribution in [0.1, 0.15) is 50.9 Å². The van der Waals surface area contributed by atoms with Gasteiger partial charge in [0.1, 0.15) is 5.75 Å². The first kappa shape index (κ1) is 18.5. The van der Waals surface area contributed by atoms with Gasteiger partial charge in [0.15, 0.2) is 0 Å². The molecule has 2 unspecified atom stereocenters. The van der Waals surface area contributed by atoms with E-state index in [0.717, 1.165) is 18.6 Å². The Morgan fingerprint density at radius 1 is 1.23 bits per heavy atom. The summed E-state index contributed by atoms with van der Waals surface area (Å²) in [5.74, 6) is 1.25. The number of rotatable bonds is 8. The summed E-state index contributed by atoms with van der Waals surface area (Å²) in [7, 11) is 1.82. The van der Waals surface area contributed by atoms with Gasteiger partial charge in [-0.05, 0) is 49.9 Å². The predicted octanol–water partition coefficient (Wildman–Crippen LogP) is 3.31. The molecule has 0 aliphatic rings. The fourth-order valence-electron chi connectivity index (χ4n) is 1.99. The van der Waals surface area contributed by atoms with Crippen LogP contribution in [-0.4, -0.2) is 36.5 Å². The number of nitrogens with zero attached hydrogens (tertiary/aromatic N) is 1. The van der Waals surface area contributed by atoms with Gasteiger partial charge >= 0.3 is 0 Å². The van der Waals surface area contributed by atoms with Gasteiger partial charge in [0.25, 0.3) is 5.91 Å². The molecule has 0 spiro atoms. The van der Waals surface area contributed by atoms with E-state index in [2.05, 4.69) is 20.8 Å². The van der Waals surface area contributed by atoms with Crippen molar-refractivity contribution in [1.82, 2.24) is 4.90 Å². The van der Waals surface area contributed by atoms with E-state index < -0.39 is 0 Å². The Hall–Kier alpha value is -1.55. The lowest BCUT2D eigenvalue weighted by molar-refractivity contribution is 0.0789. The topological polar surface area (TPSA) is 55.6 Å². The summed E-state index contributed by atoms with van der Waals surface area (Å²) in [5, 5.41) is 0. The highest BCUT2D eigenvalue weighted by Gasteiger charge is 2.14. The minimum atomic E-state index is 0.0195. The van der Waals surface area contributed by atoms with E-state index >= 15 is 0 Å². The van der Waals surface area contributed by atoms with E-state index in [1.807, 2.05) is 38.2 Å². The summed E-state index contributed by atoms with van der Waals surface area (Å²) in [5.41, 5.74) is 6.71. The fourth-order valence-corrected chi connectivity index (χ4v) is 1.99. The smallest absolute Gasteiger partial charge is 0.253 e. The average molecular weight is 306 g/mol. The van der Waals surface area contributed by atoms with Crippen molar-refractivity contribution in [3.05, 3.63) is 29.8 Å². The number of hydrogen-bond donors (Lipinski definition) is 1. The highest BCUT2D eigenvalue weighted by atomic mass is 16.5. The summed E-state index contributed by atoms with van der Waals surface area (Å²) in [6.45, 7) is 8.98. The second-order valence-electron chi connectivity index (χ2n) is 6.28. The van der Waals surface area contributed by atoms with Crippen LogP contribution in [0.4, 0.5) is 0 Å². The molecule has 124 valence electrons. The zero-order valence-corrected chi connectivity index (χ0v) is 14.5. The largest absolute Gasteiger partial charge is 0.491 e. The monoisotopic (exact) mass is 306 g/mol. The van der Waals surface area contributed by atoms with Gasteiger partial charge in [-0.25, -0.2) is 0 Å². The molecule has 0 radical (unpaired) electrons. The zero-order chi connectivity index (χ0) is 16.7. The van der Waals surface area contributed by atoms with Crippen molar-refractivity contribution in [2.24, 2.45) is 11.7 Å². The third kappa shape index (κ3) is 5.68. The van der Waals surface area contributed by atoms with Gasteiger partial charge in [-0.1, -0.05) is 20.8 Å². The van der Waals surface area contributed by atoms with Crippen molar-refractivity contribution in [3.8, 4) is 5.75 Å². The normalized spacial score (nSPS) is 13.8. The van der Waals surface area contributed by atoms with Crippen LogP contribution in [0.3, 0.4) is 0 Å². The highest BCUT2D eigenvalue weighted by molar-refractivity contribution is 5.94. The molecular formula is C18H30N2O2. The Kier molecular flexibility index (Phi) is 7.39. The molecule has 0 saturated heterocycles. The third-order valence-corrected chi connectivity index (χ3v) is 4.01. The van der Waals surface area contributed by atoms with E-state index in [4.69, 9.17) is 10.5 Å². The molecule has 4 nitrogen and oxygen atoms in total. The van der Waals surface area contributed by atoms with Crippen molar-refractivity contribution in [1.29, 1.82) is 0 Å². The van der Waals surface area contributed by atoms with E-state index in [1.54, 1.807) is 4.90 Å². The molecule has 0 bridgehead atoms. The van der Waals surface area contributed by atoms with Crippen LogP contribution in [0.5, 0.6) is 5.75 Å². The second kappa shape index (κ2) is 8.79. The maximum absolute atomic E-state index is 12.4. The van der Waals surface area contributed by atoms with Crippen LogP contribution in [0.2, 0.25) is 0 Å². The average Bonchev–Trinajstić information content (AvgIpc) is 2.51. The number of carbonyl (C=O) groups is 1. The predicted molar refractivity (Wildman–Crippen MR) is 91.2 cm³/mol. The number of carbonyl (C=O) groups excluding carboxylic acids is 1. The molecule has 1 rings (SSSR count). The van der Waals surface area contributed by atoms with Gasteiger partial charge in [-0.15, -0.1) is 0 Å². The van der Waals surface area contributed by atoms with Gasteiger partial charge < -0.3 is 15.4 Å². The Bertz CT molecular complexity index is 457. The van der Waals surface area contributed by atoms with E-state index in [9.17, 15) is 4.79 Å². The molecule has 2 atom stereocenters. The standard InChI is InChI=1S/C18H30N2O2/c1-6-14(4)22-16-9-7-15(8-10-16)18(21)20(5)12-11-17(19)13(2)3/h7-10,13-14,17H,6,11-12,19H2,1-5H3. The molecule has 0 saturated carbocycles. The minimum Gasteiger partial charge on any atom is -0.491 e. The first-order chi connectivity index (χ1) is 10.3. The molecular weight excluding hydrogens is 276 g/mol. The lowest BCUT2D eigenvalue weighted by Gasteiger charge is -2.21. The van der Waals surface area contributed by atoms with Gasteiger partial charge in [0.05, 0.1) is 6.10 Å². The van der Waals surface area contributed by atoms with Gasteiger partial charge in [0.2, 0.25) is 0 Å². The summed E-state index contributed by atoms with van der Waals surface area (Å²) in [6, 6.07) is 7.47. The summed E-state index contributed by atoms with van der Waals surface area (Å²) >= 11 is 0. The molecule has 1 aromatic rings. The third-order valence-electron chi connectivity index (χ3n) is 4.01. The number of hydrogen-bond acceptors (Lipinski definition) is 3. The Morgan fingerprint density at radius 3 is 2.32 bits per heavy atom. The SMILES string of the molecule is CCC(C)Oc1ccc(C(=O)N(C)CCC(N)C(C)C)cc1. The molecule has 1 amide bonds. The summed E-state index contributed by atoms with van der Waals surface area (Å²) < 4.78 is 5.72. The van der Waals surface area contributed by atoms with Crippen molar-refractivity contribution < 1.29 is 9.53 Å². The molecule has 4 heteroatoms. The molecule has 0 aliphatic heterocycles. The Balaban J connectivity index is 2.57. The molecule has 0 aliphatic carbocycles. The first-order valence-corrected chi connectivity index (χ1v) is 8.12. The lowest BCUT2D eigenvalue weighted by Crippen LogP contribution is -2.34. The van der Waals surface area contributed by atoms with Gasteiger partial charge in [-0.2, -0.15) is 0 Å². The second-order valence-corrected chi connectivity index (χ2v) is 6.28. The quantitative estimate of drug-likeness (QED) is 0.801. The van der Waals surface area contributed by atoms with Crippen LogP contribution < -0.4 is 10.5 Å². The minimum absolute atomic E-state index is 0.0195. The van der Waals surface area contributed by atoms with Crippen molar-refractivity contribution in [2.75, 3.05) is 13.6 Å². The maximum atomic E-state index is 12.4. The summed E-state index contributed by atoms with van der Waals surface area (Å²) in [6.07, 6.45) is 1.95. The lowest BCUT2D eigenvalue weighted by atomic mass is 10.0. The molecule has 22 heavy (non-hydrogen) atoms. The zero-order valence-electron chi connectivity index (χ0n) is 14.5. The fraction of sp³-hybridized carbons (Fsp3) is 0.611. The van der Waals surface area contributed by atoms with Gasteiger partial charge in [-0.3, -0.25) is 4.79 Å².